The maximum atomic E-state index is 10.9. The summed E-state index contributed by atoms with van der Waals surface area (Å²) in [5.74, 6) is 1.24. The summed E-state index contributed by atoms with van der Waals surface area (Å²) in [6, 6.07) is 11.4. The standard InChI is InChI=1S/C17H12BrNO3/c18-13-4-5-14-17(22-9-21-14)15(13)16(20)12-3-1-2-10-8-19-7-6-11(10)12/h1-8,16,20H,9H2. The van der Waals surface area contributed by atoms with E-state index in [0.717, 1.165) is 20.8 Å². The highest BCUT2D eigenvalue weighted by molar-refractivity contribution is 9.10. The van der Waals surface area contributed by atoms with E-state index in [4.69, 9.17) is 9.47 Å². The van der Waals surface area contributed by atoms with Gasteiger partial charge in [0.2, 0.25) is 6.79 Å². The summed E-state index contributed by atoms with van der Waals surface area (Å²) in [6.07, 6.45) is 2.69. The number of pyridine rings is 1. The van der Waals surface area contributed by atoms with Gasteiger partial charge in [-0.2, -0.15) is 0 Å². The van der Waals surface area contributed by atoms with Gasteiger partial charge in [-0.05, 0) is 29.1 Å². The molecule has 0 saturated carbocycles. The van der Waals surface area contributed by atoms with Crippen molar-refractivity contribution in [2.24, 2.45) is 0 Å². The van der Waals surface area contributed by atoms with E-state index in [2.05, 4.69) is 20.9 Å². The van der Waals surface area contributed by atoms with Gasteiger partial charge < -0.3 is 14.6 Å². The van der Waals surface area contributed by atoms with Crippen LogP contribution < -0.4 is 9.47 Å². The van der Waals surface area contributed by atoms with E-state index >= 15 is 0 Å². The van der Waals surface area contributed by atoms with Crippen molar-refractivity contribution in [3.8, 4) is 11.5 Å². The Kier molecular flexibility index (Phi) is 3.24. The summed E-state index contributed by atoms with van der Waals surface area (Å²) >= 11 is 3.50. The molecule has 1 unspecified atom stereocenters. The van der Waals surface area contributed by atoms with Crippen LogP contribution in [0.2, 0.25) is 0 Å². The molecular formula is C17H12BrNO3. The lowest BCUT2D eigenvalue weighted by Gasteiger charge is -2.17. The fourth-order valence-corrected chi connectivity index (χ4v) is 3.30. The van der Waals surface area contributed by atoms with Gasteiger partial charge >= 0.3 is 0 Å². The monoisotopic (exact) mass is 357 g/mol. The number of hydrogen-bond acceptors (Lipinski definition) is 4. The van der Waals surface area contributed by atoms with Gasteiger partial charge in [-0.25, -0.2) is 0 Å². The van der Waals surface area contributed by atoms with E-state index in [1.165, 1.54) is 0 Å². The molecule has 4 nitrogen and oxygen atoms in total. The summed E-state index contributed by atoms with van der Waals surface area (Å²) in [5, 5.41) is 12.9. The Labute approximate surface area is 135 Å². The first-order valence-corrected chi connectivity index (χ1v) is 7.63. The van der Waals surface area contributed by atoms with Crippen molar-refractivity contribution < 1.29 is 14.6 Å². The molecule has 0 bridgehead atoms. The van der Waals surface area contributed by atoms with Crippen molar-refractivity contribution >= 4 is 26.7 Å². The molecule has 1 aliphatic rings. The zero-order valence-corrected chi connectivity index (χ0v) is 13.1. The molecule has 1 aliphatic heterocycles. The van der Waals surface area contributed by atoms with Crippen LogP contribution in [0.5, 0.6) is 11.5 Å². The Morgan fingerprint density at radius 2 is 2.05 bits per heavy atom. The van der Waals surface area contributed by atoms with Crippen LogP contribution in [0.15, 0.2) is 53.3 Å². The molecule has 0 amide bonds. The van der Waals surface area contributed by atoms with E-state index in [1.54, 1.807) is 12.4 Å². The molecule has 1 aromatic heterocycles. The Morgan fingerprint density at radius 1 is 1.14 bits per heavy atom. The predicted octanol–water partition coefficient (Wildman–Crippen LogP) is 3.81. The SMILES string of the molecule is OC(c1c(Br)ccc2c1OCO2)c1cccc2cnccc12. The summed E-state index contributed by atoms with van der Waals surface area (Å²) in [7, 11) is 0. The molecule has 0 fully saturated rings. The molecule has 0 saturated heterocycles. The molecule has 5 heteroatoms. The van der Waals surface area contributed by atoms with Gasteiger partial charge in [-0.1, -0.05) is 34.1 Å². The molecule has 1 N–H and O–H groups in total. The largest absolute Gasteiger partial charge is 0.454 e. The maximum absolute atomic E-state index is 10.9. The van der Waals surface area contributed by atoms with Gasteiger partial charge in [-0.15, -0.1) is 0 Å². The number of nitrogens with zero attached hydrogens (tertiary/aromatic N) is 1. The highest BCUT2D eigenvalue weighted by Crippen LogP contribution is 2.45. The van der Waals surface area contributed by atoms with Crippen LogP contribution in [-0.4, -0.2) is 16.9 Å². The highest BCUT2D eigenvalue weighted by atomic mass is 79.9. The molecule has 0 radical (unpaired) electrons. The second-order valence-electron chi connectivity index (χ2n) is 5.04. The van der Waals surface area contributed by atoms with E-state index in [1.807, 2.05) is 36.4 Å². The molecule has 4 rings (SSSR count). The molecule has 2 aromatic carbocycles. The molecular weight excluding hydrogens is 346 g/mol. The lowest BCUT2D eigenvalue weighted by molar-refractivity contribution is 0.167. The molecule has 3 aromatic rings. The Balaban J connectivity index is 1.92. The topological polar surface area (TPSA) is 51.6 Å². The van der Waals surface area contributed by atoms with Gasteiger partial charge in [0.05, 0.1) is 0 Å². The van der Waals surface area contributed by atoms with Crippen molar-refractivity contribution in [2.75, 3.05) is 6.79 Å². The molecule has 2 heterocycles. The van der Waals surface area contributed by atoms with Gasteiger partial charge in [0.1, 0.15) is 6.10 Å². The number of hydrogen-bond donors (Lipinski definition) is 1. The molecule has 110 valence electrons. The van der Waals surface area contributed by atoms with Crippen molar-refractivity contribution in [1.29, 1.82) is 0 Å². The van der Waals surface area contributed by atoms with Gasteiger partial charge in [0.25, 0.3) is 0 Å². The second-order valence-corrected chi connectivity index (χ2v) is 5.90. The number of benzene rings is 2. The average molecular weight is 358 g/mol. The van der Waals surface area contributed by atoms with E-state index < -0.39 is 6.10 Å². The third-order valence-corrected chi connectivity index (χ3v) is 4.50. The quantitative estimate of drug-likeness (QED) is 0.757. The van der Waals surface area contributed by atoms with E-state index in [-0.39, 0.29) is 6.79 Å². The lowest BCUT2D eigenvalue weighted by atomic mass is 9.96. The first kappa shape index (κ1) is 13.5. The normalized spacial score (nSPS) is 14.3. The summed E-state index contributed by atoms with van der Waals surface area (Å²) < 4.78 is 11.7. The molecule has 22 heavy (non-hydrogen) atoms. The maximum Gasteiger partial charge on any atom is 0.231 e. The number of fused-ring (bicyclic) bond motifs is 2. The van der Waals surface area contributed by atoms with Crippen LogP contribution in [-0.2, 0) is 0 Å². The minimum atomic E-state index is -0.822. The van der Waals surface area contributed by atoms with Gasteiger partial charge in [0, 0.05) is 27.8 Å². The van der Waals surface area contributed by atoms with Crippen LogP contribution in [0.1, 0.15) is 17.2 Å². The van der Waals surface area contributed by atoms with Crippen molar-refractivity contribution in [3.63, 3.8) is 0 Å². The third-order valence-electron chi connectivity index (χ3n) is 3.81. The average Bonchev–Trinajstić information content (AvgIpc) is 3.02. The van der Waals surface area contributed by atoms with Crippen LogP contribution >= 0.6 is 15.9 Å². The Bertz CT molecular complexity index is 860. The third kappa shape index (κ3) is 2.05. The molecule has 1 atom stereocenters. The van der Waals surface area contributed by atoms with Gasteiger partial charge in [0.15, 0.2) is 11.5 Å². The fraction of sp³-hybridized carbons (Fsp3) is 0.118. The second kappa shape index (κ2) is 5.26. The zero-order valence-electron chi connectivity index (χ0n) is 11.5. The number of aliphatic hydroxyl groups is 1. The van der Waals surface area contributed by atoms with Crippen molar-refractivity contribution in [2.45, 2.75) is 6.10 Å². The zero-order chi connectivity index (χ0) is 15.1. The summed E-state index contributed by atoms with van der Waals surface area (Å²) in [4.78, 5) is 4.13. The van der Waals surface area contributed by atoms with Crippen LogP contribution in [0, 0.1) is 0 Å². The van der Waals surface area contributed by atoms with E-state index in [9.17, 15) is 5.11 Å². The Hall–Kier alpha value is -2.11. The molecule has 0 aliphatic carbocycles. The number of rotatable bonds is 2. The van der Waals surface area contributed by atoms with Gasteiger partial charge in [-0.3, -0.25) is 4.98 Å². The van der Waals surface area contributed by atoms with Crippen molar-refractivity contribution in [3.05, 3.63) is 64.4 Å². The minimum Gasteiger partial charge on any atom is -0.454 e. The first-order chi connectivity index (χ1) is 10.8. The summed E-state index contributed by atoms with van der Waals surface area (Å²) in [5.41, 5.74) is 1.49. The smallest absolute Gasteiger partial charge is 0.231 e. The van der Waals surface area contributed by atoms with Crippen molar-refractivity contribution in [1.82, 2.24) is 4.98 Å². The van der Waals surface area contributed by atoms with Crippen LogP contribution in [0.4, 0.5) is 0 Å². The Morgan fingerprint density at radius 3 is 2.95 bits per heavy atom. The van der Waals surface area contributed by atoms with E-state index in [0.29, 0.717) is 17.1 Å². The van der Waals surface area contributed by atoms with Crippen LogP contribution in [0.25, 0.3) is 10.8 Å². The number of ether oxygens (including phenoxy) is 2. The highest BCUT2D eigenvalue weighted by Gasteiger charge is 2.26. The number of aromatic nitrogens is 1. The first-order valence-electron chi connectivity index (χ1n) is 6.84. The number of halogens is 1. The van der Waals surface area contributed by atoms with Crippen LogP contribution in [0.3, 0.4) is 0 Å². The molecule has 0 spiro atoms. The summed E-state index contributed by atoms with van der Waals surface area (Å²) in [6.45, 7) is 0.172. The lowest BCUT2D eigenvalue weighted by Crippen LogP contribution is -2.04. The number of aliphatic hydroxyl groups excluding tert-OH is 1. The fourth-order valence-electron chi connectivity index (χ4n) is 2.77. The minimum absolute atomic E-state index is 0.172. The predicted molar refractivity (Wildman–Crippen MR) is 86.1 cm³/mol.